The van der Waals surface area contributed by atoms with Crippen LogP contribution in [0.25, 0.3) is 10.9 Å². The van der Waals surface area contributed by atoms with Crippen molar-refractivity contribution in [2.24, 2.45) is 0 Å². The van der Waals surface area contributed by atoms with E-state index in [0.717, 1.165) is 6.07 Å². The number of alkyl halides is 2. The Bertz CT molecular complexity index is 632. The third-order valence-corrected chi connectivity index (χ3v) is 1.94. The van der Waals surface area contributed by atoms with E-state index in [-0.39, 0.29) is 16.7 Å². The van der Waals surface area contributed by atoms with Crippen LogP contribution in [0.4, 0.5) is 8.78 Å². The van der Waals surface area contributed by atoms with Crippen LogP contribution >= 0.6 is 0 Å². The second-order valence-corrected chi connectivity index (χ2v) is 2.99. The van der Waals surface area contributed by atoms with E-state index in [9.17, 15) is 18.4 Å². The van der Waals surface area contributed by atoms with Gasteiger partial charge in [0.15, 0.2) is 0 Å². The molecule has 0 amide bonds. The molecule has 1 aromatic carbocycles. The number of aromatic nitrogens is 2. The van der Waals surface area contributed by atoms with E-state index in [1.165, 1.54) is 12.1 Å². The maximum absolute atomic E-state index is 11.9. The number of nitrogens with one attached hydrogen (secondary N) is 2. The van der Waals surface area contributed by atoms with Crippen LogP contribution in [0, 0.1) is 0 Å². The fraction of sp³-hybridized carbons (Fsp3) is 0.111. The first kappa shape index (κ1) is 10.3. The maximum atomic E-state index is 11.9. The number of hydrogen-bond donors (Lipinski definition) is 2. The van der Waals surface area contributed by atoms with Gasteiger partial charge in [-0.05, 0) is 12.1 Å². The number of rotatable bonds is 2. The van der Waals surface area contributed by atoms with Gasteiger partial charge in [-0.15, -0.1) is 0 Å². The van der Waals surface area contributed by atoms with E-state index in [2.05, 4.69) is 9.72 Å². The van der Waals surface area contributed by atoms with E-state index in [0.29, 0.717) is 0 Å². The van der Waals surface area contributed by atoms with Crippen molar-refractivity contribution in [2.75, 3.05) is 0 Å². The minimum atomic E-state index is -2.95. The zero-order valence-electron chi connectivity index (χ0n) is 7.79. The van der Waals surface area contributed by atoms with Gasteiger partial charge < -0.3 is 9.72 Å². The predicted molar refractivity (Wildman–Crippen MR) is 51.8 cm³/mol. The number of ether oxygens (including phenoxy) is 1. The quantitative estimate of drug-likeness (QED) is 0.798. The molecule has 1 heterocycles. The summed E-state index contributed by atoms with van der Waals surface area (Å²) in [5.74, 6) is -0.122. The third kappa shape index (κ3) is 1.92. The zero-order valence-corrected chi connectivity index (χ0v) is 7.79. The van der Waals surface area contributed by atoms with Gasteiger partial charge in [0.1, 0.15) is 5.75 Å². The number of aromatic amines is 2. The Morgan fingerprint density at radius 2 is 1.94 bits per heavy atom. The van der Waals surface area contributed by atoms with E-state index in [1.807, 2.05) is 4.98 Å². The molecule has 0 saturated carbocycles. The Morgan fingerprint density at radius 3 is 2.62 bits per heavy atom. The maximum Gasteiger partial charge on any atom is 0.387 e. The molecule has 2 aromatic rings. The van der Waals surface area contributed by atoms with Gasteiger partial charge >= 0.3 is 12.3 Å². The Kier molecular flexibility index (Phi) is 2.43. The summed E-state index contributed by atoms with van der Waals surface area (Å²) in [6, 6.07) is 3.68. The minimum absolute atomic E-state index is 0.122. The molecule has 7 heteroatoms. The number of benzene rings is 1. The number of fused-ring (bicyclic) bond motifs is 1. The van der Waals surface area contributed by atoms with Gasteiger partial charge in [-0.2, -0.15) is 8.78 Å². The molecule has 0 unspecified atom stereocenters. The number of halogens is 2. The first-order valence-corrected chi connectivity index (χ1v) is 4.27. The molecule has 2 rings (SSSR count). The molecule has 0 fully saturated rings. The summed E-state index contributed by atoms with van der Waals surface area (Å²) >= 11 is 0. The van der Waals surface area contributed by atoms with Crippen molar-refractivity contribution in [1.29, 1.82) is 0 Å². The van der Waals surface area contributed by atoms with Crippen molar-refractivity contribution in [3.8, 4) is 5.75 Å². The van der Waals surface area contributed by atoms with Gasteiger partial charge in [0.05, 0.1) is 10.9 Å². The third-order valence-electron chi connectivity index (χ3n) is 1.94. The predicted octanol–water partition coefficient (Wildman–Crippen LogP) is 0.818. The smallest absolute Gasteiger partial charge is 0.387 e. The lowest BCUT2D eigenvalue weighted by Crippen LogP contribution is -2.21. The monoisotopic (exact) mass is 228 g/mol. The Morgan fingerprint density at radius 1 is 1.19 bits per heavy atom. The summed E-state index contributed by atoms with van der Waals surface area (Å²) in [6.45, 7) is -2.95. The lowest BCUT2D eigenvalue weighted by molar-refractivity contribution is -0.0497. The highest BCUT2D eigenvalue weighted by atomic mass is 19.3. The molecular weight excluding hydrogens is 222 g/mol. The van der Waals surface area contributed by atoms with Crippen molar-refractivity contribution in [3.05, 3.63) is 39.0 Å². The Hall–Kier alpha value is -2.18. The van der Waals surface area contributed by atoms with Crippen LogP contribution in [-0.2, 0) is 0 Å². The summed E-state index contributed by atoms with van der Waals surface area (Å²) in [4.78, 5) is 26.5. The average Bonchev–Trinajstić information content (AvgIpc) is 2.15. The molecule has 0 saturated heterocycles. The summed E-state index contributed by atoms with van der Waals surface area (Å²) in [5, 5.41) is 0.196. The molecule has 2 N–H and O–H groups in total. The fourth-order valence-corrected chi connectivity index (χ4v) is 1.32. The van der Waals surface area contributed by atoms with Gasteiger partial charge in [-0.3, -0.25) is 9.78 Å². The second-order valence-electron chi connectivity index (χ2n) is 2.99. The molecular formula is C9H6F2N2O3. The first-order chi connectivity index (χ1) is 7.56. The van der Waals surface area contributed by atoms with Crippen LogP contribution in [0.3, 0.4) is 0 Å². The topological polar surface area (TPSA) is 74.9 Å². The van der Waals surface area contributed by atoms with Crippen molar-refractivity contribution in [1.82, 2.24) is 9.97 Å². The molecule has 0 atom stereocenters. The fourth-order valence-electron chi connectivity index (χ4n) is 1.32. The van der Waals surface area contributed by atoms with Crippen LogP contribution in [0.15, 0.2) is 27.8 Å². The van der Waals surface area contributed by atoms with Crippen LogP contribution < -0.4 is 16.0 Å². The van der Waals surface area contributed by atoms with Crippen LogP contribution in [-0.4, -0.2) is 16.6 Å². The van der Waals surface area contributed by atoms with Crippen LogP contribution in [0.5, 0.6) is 5.75 Å². The highest BCUT2D eigenvalue weighted by Gasteiger charge is 2.06. The zero-order chi connectivity index (χ0) is 11.7. The molecule has 0 aliphatic rings. The highest BCUT2D eigenvalue weighted by molar-refractivity contribution is 5.78. The lowest BCUT2D eigenvalue weighted by Gasteiger charge is -2.04. The normalized spacial score (nSPS) is 10.9. The van der Waals surface area contributed by atoms with Crippen molar-refractivity contribution in [3.63, 3.8) is 0 Å². The Balaban J connectivity index is 2.62. The van der Waals surface area contributed by atoms with Gasteiger partial charge in [-0.25, -0.2) is 4.79 Å². The highest BCUT2D eigenvalue weighted by Crippen LogP contribution is 2.17. The molecule has 0 aliphatic carbocycles. The van der Waals surface area contributed by atoms with Crippen LogP contribution in [0.2, 0.25) is 0 Å². The van der Waals surface area contributed by atoms with Gasteiger partial charge in [0.2, 0.25) is 0 Å². The molecule has 0 aliphatic heterocycles. The summed E-state index contributed by atoms with van der Waals surface area (Å²) in [6.07, 6.45) is 0. The number of H-pyrrole nitrogens is 2. The van der Waals surface area contributed by atoms with Crippen molar-refractivity contribution in [2.45, 2.75) is 6.61 Å². The van der Waals surface area contributed by atoms with Gasteiger partial charge in [-0.1, -0.05) is 0 Å². The molecule has 0 spiro atoms. The summed E-state index contributed by atoms with van der Waals surface area (Å²) < 4.78 is 28.0. The van der Waals surface area contributed by atoms with E-state index in [1.54, 1.807) is 0 Å². The molecule has 0 radical (unpaired) electrons. The summed E-state index contributed by atoms with van der Waals surface area (Å²) in [7, 11) is 0. The molecule has 1 aromatic heterocycles. The standard InChI is InChI=1S/C9H6F2N2O3/c10-8(11)16-4-1-2-5-6(3-4)12-9(15)13-7(5)14/h1-3,8H,(H2,12,13,14,15). The first-order valence-electron chi connectivity index (χ1n) is 4.27. The molecule has 16 heavy (non-hydrogen) atoms. The van der Waals surface area contributed by atoms with E-state index in [4.69, 9.17) is 0 Å². The number of hydrogen-bond acceptors (Lipinski definition) is 3. The van der Waals surface area contributed by atoms with Crippen LogP contribution in [0.1, 0.15) is 0 Å². The minimum Gasteiger partial charge on any atom is -0.435 e. The van der Waals surface area contributed by atoms with Gasteiger partial charge in [0, 0.05) is 6.07 Å². The van der Waals surface area contributed by atoms with Crippen molar-refractivity contribution < 1.29 is 13.5 Å². The largest absolute Gasteiger partial charge is 0.435 e. The molecule has 84 valence electrons. The Labute approximate surface area is 86.7 Å². The second kappa shape index (κ2) is 3.76. The van der Waals surface area contributed by atoms with E-state index >= 15 is 0 Å². The van der Waals surface area contributed by atoms with E-state index < -0.39 is 17.9 Å². The lowest BCUT2D eigenvalue weighted by atomic mass is 10.2. The molecule has 0 bridgehead atoms. The summed E-state index contributed by atoms with van der Waals surface area (Å²) in [5.41, 5.74) is -1.14. The SMILES string of the molecule is O=c1[nH]c(=O)c2ccc(OC(F)F)cc2[nH]1. The van der Waals surface area contributed by atoms with Gasteiger partial charge in [0.25, 0.3) is 5.56 Å². The van der Waals surface area contributed by atoms with Crippen molar-refractivity contribution >= 4 is 10.9 Å². The molecule has 5 nitrogen and oxygen atoms in total. The average molecular weight is 228 g/mol.